The normalized spacial score (nSPS) is 11.3. The Morgan fingerprint density at radius 1 is 1.23 bits per heavy atom. The number of nitrogens with one attached hydrogen (secondary N) is 1. The van der Waals surface area contributed by atoms with Crippen molar-refractivity contribution in [2.75, 3.05) is 22.4 Å². The van der Waals surface area contributed by atoms with Crippen LogP contribution in [0.3, 0.4) is 0 Å². The van der Waals surface area contributed by atoms with Crippen LogP contribution in [0, 0.1) is 19.7 Å². The molecule has 0 unspecified atom stereocenters. The zero-order valence-corrected chi connectivity index (χ0v) is 16.3. The Kier molecular flexibility index (Phi) is 6.26. The summed E-state index contributed by atoms with van der Waals surface area (Å²) in [6, 6.07) is 9.13. The van der Waals surface area contributed by atoms with E-state index in [1.807, 2.05) is 19.9 Å². The van der Waals surface area contributed by atoms with Crippen LogP contribution in [0.2, 0.25) is 5.02 Å². The first-order chi connectivity index (χ1) is 12.1. The Bertz CT molecular complexity index is 909. The van der Waals surface area contributed by atoms with Crippen LogP contribution in [-0.4, -0.2) is 27.1 Å². The van der Waals surface area contributed by atoms with Crippen molar-refractivity contribution >= 4 is 38.9 Å². The number of rotatable bonds is 6. The summed E-state index contributed by atoms with van der Waals surface area (Å²) in [5.41, 5.74) is 2.16. The van der Waals surface area contributed by atoms with E-state index in [2.05, 4.69) is 5.32 Å². The Morgan fingerprint density at radius 3 is 2.46 bits per heavy atom. The van der Waals surface area contributed by atoms with Crippen LogP contribution < -0.4 is 9.62 Å². The molecule has 1 N–H and O–H groups in total. The SMILES string of the molecule is Cc1cc(C)c(NC(=O)CCN(c2ccccc2F)S(C)(=O)=O)c(Cl)c1. The summed E-state index contributed by atoms with van der Waals surface area (Å²) in [6.45, 7) is 3.52. The van der Waals surface area contributed by atoms with Gasteiger partial charge in [0.2, 0.25) is 15.9 Å². The van der Waals surface area contributed by atoms with Crippen LogP contribution in [0.15, 0.2) is 36.4 Å². The van der Waals surface area contributed by atoms with E-state index in [9.17, 15) is 17.6 Å². The van der Waals surface area contributed by atoms with Crippen molar-refractivity contribution in [2.45, 2.75) is 20.3 Å². The molecule has 0 fully saturated rings. The molecule has 0 radical (unpaired) electrons. The molecule has 26 heavy (non-hydrogen) atoms. The largest absolute Gasteiger partial charge is 0.324 e. The molecule has 2 aromatic rings. The minimum absolute atomic E-state index is 0.0904. The Hall–Kier alpha value is -2.12. The van der Waals surface area contributed by atoms with Crippen molar-refractivity contribution < 1.29 is 17.6 Å². The van der Waals surface area contributed by atoms with Crippen LogP contribution >= 0.6 is 11.6 Å². The number of benzene rings is 2. The third-order valence-corrected chi connectivity index (χ3v) is 5.24. The van der Waals surface area contributed by atoms with Crippen molar-refractivity contribution in [3.05, 3.63) is 58.4 Å². The van der Waals surface area contributed by atoms with Gasteiger partial charge in [0.15, 0.2) is 0 Å². The fraction of sp³-hybridized carbons (Fsp3) is 0.278. The van der Waals surface area contributed by atoms with Crippen LogP contribution in [-0.2, 0) is 14.8 Å². The van der Waals surface area contributed by atoms with Crippen molar-refractivity contribution in [1.29, 1.82) is 0 Å². The van der Waals surface area contributed by atoms with Gasteiger partial charge in [0.25, 0.3) is 0 Å². The van der Waals surface area contributed by atoms with Crippen LogP contribution in [0.4, 0.5) is 15.8 Å². The summed E-state index contributed by atoms with van der Waals surface area (Å²) in [6.07, 6.45) is 0.823. The predicted octanol–water partition coefficient (Wildman–Crippen LogP) is 3.89. The molecule has 0 heterocycles. The first kappa shape index (κ1) is 20.2. The van der Waals surface area contributed by atoms with E-state index in [0.717, 1.165) is 21.7 Å². The van der Waals surface area contributed by atoms with E-state index in [4.69, 9.17) is 11.6 Å². The molecule has 0 aliphatic rings. The molecule has 2 aromatic carbocycles. The molecule has 0 saturated carbocycles. The van der Waals surface area contributed by atoms with E-state index in [1.165, 1.54) is 24.3 Å². The Labute approximate surface area is 157 Å². The average Bonchev–Trinajstić information content (AvgIpc) is 2.51. The zero-order chi connectivity index (χ0) is 19.5. The number of hydrogen-bond acceptors (Lipinski definition) is 3. The summed E-state index contributed by atoms with van der Waals surface area (Å²) >= 11 is 6.16. The third-order valence-electron chi connectivity index (χ3n) is 3.76. The number of aryl methyl sites for hydroxylation is 2. The van der Waals surface area contributed by atoms with Crippen molar-refractivity contribution in [2.24, 2.45) is 0 Å². The zero-order valence-electron chi connectivity index (χ0n) is 14.7. The predicted molar refractivity (Wildman–Crippen MR) is 103 cm³/mol. The van der Waals surface area contributed by atoms with Crippen LogP contribution in [0.1, 0.15) is 17.5 Å². The minimum Gasteiger partial charge on any atom is -0.324 e. The van der Waals surface area contributed by atoms with Gasteiger partial charge in [0.05, 0.1) is 22.7 Å². The minimum atomic E-state index is -3.74. The number of carbonyl (C=O) groups is 1. The van der Waals surface area contributed by atoms with Gasteiger partial charge in [-0.15, -0.1) is 0 Å². The number of nitrogens with zero attached hydrogens (tertiary/aromatic N) is 1. The molecular weight excluding hydrogens is 379 g/mol. The van der Waals surface area contributed by atoms with E-state index < -0.39 is 21.7 Å². The van der Waals surface area contributed by atoms with Gasteiger partial charge >= 0.3 is 0 Å². The number of para-hydroxylation sites is 1. The van der Waals surface area contributed by atoms with E-state index in [-0.39, 0.29) is 18.7 Å². The van der Waals surface area contributed by atoms with E-state index >= 15 is 0 Å². The summed E-state index contributed by atoms with van der Waals surface area (Å²) in [5.74, 6) is -1.08. The molecule has 2 rings (SSSR count). The highest BCUT2D eigenvalue weighted by Gasteiger charge is 2.21. The summed E-state index contributed by atoms with van der Waals surface area (Å²) in [7, 11) is -3.74. The number of carbonyl (C=O) groups excluding carboxylic acids is 1. The standard InChI is InChI=1S/C18H20ClFN2O3S/c1-12-10-13(2)18(14(19)11-12)21-17(23)8-9-22(26(3,24)25)16-7-5-4-6-15(16)20/h4-7,10-11H,8-9H2,1-3H3,(H,21,23). The molecule has 8 heteroatoms. The van der Waals surface area contributed by atoms with Gasteiger partial charge in [-0.2, -0.15) is 0 Å². The van der Waals surface area contributed by atoms with Gasteiger partial charge in [-0.25, -0.2) is 12.8 Å². The van der Waals surface area contributed by atoms with E-state index in [0.29, 0.717) is 10.7 Å². The van der Waals surface area contributed by atoms with Gasteiger partial charge in [-0.05, 0) is 43.2 Å². The number of hydrogen-bond donors (Lipinski definition) is 1. The molecule has 0 aliphatic carbocycles. The lowest BCUT2D eigenvalue weighted by atomic mass is 10.1. The van der Waals surface area contributed by atoms with Gasteiger partial charge in [0.1, 0.15) is 5.82 Å². The second-order valence-electron chi connectivity index (χ2n) is 6.02. The average molecular weight is 399 g/mol. The topological polar surface area (TPSA) is 66.5 Å². The molecule has 0 atom stereocenters. The maximum absolute atomic E-state index is 14.0. The molecule has 0 aliphatic heterocycles. The monoisotopic (exact) mass is 398 g/mol. The van der Waals surface area contributed by atoms with Gasteiger partial charge in [-0.3, -0.25) is 9.10 Å². The van der Waals surface area contributed by atoms with Gasteiger partial charge < -0.3 is 5.32 Å². The number of amides is 1. The number of halogens is 2. The lowest BCUT2D eigenvalue weighted by molar-refractivity contribution is -0.116. The highest BCUT2D eigenvalue weighted by molar-refractivity contribution is 7.92. The highest BCUT2D eigenvalue weighted by Crippen LogP contribution is 2.27. The maximum Gasteiger partial charge on any atom is 0.232 e. The Morgan fingerprint density at radius 2 is 1.88 bits per heavy atom. The fourth-order valence-electron chi connectivity index (χ4n) is 2.60. The van der Waals surface area contributed by atoms with Gasteiger partial charge in [0, 0.05) is 13.0 Å². The number of anilines is 2. The lowest BCUT2D eigenvalue weighted by Gasteiger charge is -2.22. The second-order valence-corrected chi connectivity index (χ2v) is 8.34. The fourth-order valence-corrected chi connectivity index (χ4v) is 3.89. The van der Waals surface area contributed by atoms with Crippen LogP contribution in [0.25, 0.3) is 0 Å². The molecule has 0 aromatic heterocycles. The molecule has 5 nitrogen and oxygen atoms in total. The Balaban J connectivity index is 2.15. The van der Waals surface area contributed by atoms with E-state index in [1.54, 1.807) is 6.07 Å². The smallest absolute Gasteiger partial charge is 0.232 e. The van der Waals surface area contributed by atoms with Crippen LogP contribution in [0.5, 0.6) is 0 Å². The maximum atomic E-state index is 14.0. The van der Waals surface area contributed by atoms with Gasteiger partial charge in [-0.1, -0.05) is 29.8 Å². The molecule has 0 saturated heterocycles. The third kappa shape index (κ3) is 4.95. The molecule has 0 spiro atoms. The molecular formula is C18H20ClFN2O3S. The summed E-state index contributed by atoms with van der Waals surface area (Å²) < 4.78 is 38.9. The summed E-state index contributed by atoms with van der Waals surface area (Å²) in [4.78, 5) is 12.3. The summed E-state index contributed by atoms with van der Waals surface area (Å²) in [5, 5.41) is 3.10. The van der Waals surface area contributed by atoms with Crippen molar-refractivity contribution in [3.63, 3.8) is 0 Å². The highest BCUT2D eigenvalue weighted by atomic mass is 35.5. The first-order valence-electron chi connectivity index (χ1n) is 7.88. The molecule has 1 amide bonds. The number of sulfonamides is 1. The molecule has 0 bridgehead atoms. The van der Waals surface area contributed by atoms with Crippen molar-refractivity contribution in [1.82, 2.24) is 0 Å². The first-order valence-corrected chi connectivity index (χ1v) is 10.1. The second kappa shape index (κ2) is 8.05. The van der Waals surface area contributed by atoms with Crippen molar-refractivity contribution in [3.8, 4) is 0 Å². The quantitative estimate of drug-likeness (QED) is 0.802. The lowest BCUT2D eigenvalue weighted by Crippen LogP contribution is -2.33. The molecule has 140 valence electrons.